The monoisotopic (exact) mass is 668 g/mol. The summed E-state index contributed by atoms with van der Waals surface area (Å²) in [6.45, 7) is 5.98. The van der Waals surface area contributed by atoms with E-state index in [1.54, 1.807) is 17.0 Å². The van der Waals surface area contributed by atoms with Gasteiger partial charge in [-0.05, 0) is 59.4 Å². The molecule has 1 fully saturated rings. The molecular weight excluding hydrogens is 620 g/mol. The lowest BCUT2D eigenvalue weighted by atomic mass is 9.98. The van der Waals surface area contributed by atoms with Crippen LogP contribution in [0.1, 0.15) is 38.7 Å². The van der Waals surface area contributed by atoms with Crippen LogP contribution in [-0.2, 0) is 26.0 Å². The van der Waals surface area contributed by atoms with E-state index >= 15 is 0 Å². The molecule has 0 radical (unpaired) electrons. The van der Waals surface area contributed by atoms with Crippen LogP contribution in [0.15, 0.2) is 71.6 Å². The largest absolute Gasteiger partial charge is 0.497 e. The zero-order valence-electron chi connectivity index (χ0n) is 27.6. The standard InChI is InChI=1S/C35H48N4O7S/c1-26(2)24-39(47(43,44)31-16-14-30(45-3)15-17-31)29(25-40)12-6-7-18-36-34(41)33(37-35(42)38-19-21-46-22-20-38)23-28-11-8-10-27-9-4-5-13-32(27)28/h4-5,8-11,13-17,26,29,33,40H,6-7,12,18-25H2,1-3H3,(H,36,41)(H,37,42)/t29-,33-/m0/s1. The lowest BCUT2D eigenvalue weighted by Gasteiger charge is -2.31. The lowest BCUT2D eigenvalue weighted by molar-refractivity contribution is -0.123. The number of methoxy groups -OCH3 is 1. The first kappa shape index (κ1) is 36.1. The van der Waals surface area contributed by atoms with Crippen molar-refractivity contribution in [3.05, 3.63) is 72.3 Å². The highest BCUT2D eigenvalue weighted by molar-refractivity contribution is 7.89. The summed E-state index contributed by atoms with van der Waals surface area (Å²) in [6.07, 6.45) is 1.88. The minimum Gasteiger partial charge on any atom is -0.497 e. The number of carbonyl (C=O) groups is 2. The maximum atomic E-state index is 13.6. The van der Waals surface area contributed by atoms with Gasteiger partial charge in [-0.1, -0.05) is 62.7 Å². The van der Waals surface area contributed by atoms with E-state index in [1.165, 1.54) is 23.5 Å². The second-order valence-electron chi connectivity index (χ2n) is 12.2. The molecule has 3 aromatic carbocycles. The third kappa shape index (κ3) is 9.90. The first-order valence-electron chi connectivity index (χ1n) is 16.3. The summed E-state index contributed by atoms with van der Waals surface area (Å²) in [6, 6.07) is 18.4. The highest BCUT2D eigenvalue weighted by atomic mass is 32.2. The predicted octanol–water partition coefficient (Wildman–Crippen LogP) is 3.80. The number of ether oxygens (including phenoxy) is 2. The van der Waals surface area contributed by atoms with E-state index in [1.807, 2.05) is 56.3 Å². The fraction of sp³-hybridized carbons (Fsp3) is 0.486. The van der Waals surface area contributed by atoms with Crippen molar-refractivity contribution in [2.24, 2.45) is 5.92 Å². The molecule has 256 valence electrons. The fourth-order valence-electron chi connectivity index (χ4n) is 5.76. The highest BCUT2D eigenvalue weighted by Crippen LogP contribution is 2.25. The Morgan fingerprint density at radius 1 is 1.00 bits per heavy atom. The molecule has 2 atom stereocenters. The normalized spacial score (nSPS) is 15.1. The SMILES string of the molecule is COc1ccc(S(=O)(=O)N(CC(C)C)[C@H](CO)CCCCNC(=O)[C@H](Cc2cccc3ccccc23)NC(=O)N2CCOCC2)cc1. The van der Waals surface area contributed by atoms with Gasteiger partial charge in [0, 0.05) is 38.6 Å². The first-order valence-corrected chi connectivity index (χ1v) is 17.7. The van der Waals surface area contributed by atoms with Crippen LogP contribution in [0.2, 0.25) is 0 Å². The third-order valence-corrected chi connectivity index (χ3v) is 10.2. The zero-order chi connectivity index (χ0) is 33.8. The second kappa shape index (κ2) is 17.4. The van der Waals surface area contributed by atoms with Crippen LogP contribution < -0.4 is 15.4 Å². The van der Waals surface area contributed by atoms with Gasteiger partial charge < -0.3 is 30.1 Å². The Kier molecular flexibility index (Phi) is 13.4. The summed E-state index contributed by atoms with van der Waals surface area (Å²) in [5.41, 5.74) is 0.958. The van der Waals surface area contributed by atoms with Crippen LogP contribution >= 0.6 is 0 Å². The first-order chi connectivity index (χ1) is 22.6. The van der Waals surface area contributed by atoms with Crippen molar-refractivity contribution in [2.45, 2.75) is 56.5 Å². The number of aliphatic hydroxyl groups is 1. The maximum absolute atomic E-state index is 13.6. The molecule has 0 aliphatic carbocycles. The number of carbonyl (C=O) groups excluding carboxylic acids is 2. The summed E-state index contributed by atoms with van der Waals surface area (Å²) < 4.78 is 39.2. The number of hydrogen-bond donors (Lipinski definition) is 3. The summed E-state index contributed by atoms with van der Waals surface area (Å²) in [7, 11) is -2.35. The van der Waals surface area contributed by atoms with Crippen molar-refractivity contribution in [3.63, 3.8) is 0 Å². The predicted molar refractivity (Wildman–Crippen MR) is 182 cm³/mol. The van der Waals surface area contributed by atoms with E-state index in [-0.39, 0.29) is 35.9 Å². The number of rotatable bonds is 16. The zero-order valence-corrected chi connectivity index (χ0v) is 28.4. The van der Waals surface area contributed by atoms with Crippen molar-refractivity contribution in [3.8, 4) is 5.75 Å². The van der Waals surface area contributed by atoms with Crippen molar-refractivity contribution < 1.29 is 32.6 Å². The molecule has 0 aromatic heterocycles. The number of amides is 3. The molecule has 11 nitrogen and oxygen atoms in total. The molecule has 1 heterocycles. The molecule has 0 saturated carbocycles. The van der Waals surface area contributed by atoms with Crippen molar-refractivity contribution >= 4 is 32.7 Å². The van der Waals surface area contributed by atoms with Crippen LogP contribution in [0, 0.1) is 5.92 Å². The fourth-order valence-corrected chi connectivity index (χ4v) is 7.57. The minimum atomic E-state index is -3.87. The Morgan fingerprint density at radius 3 is 2.38 bits per heavy atom. The molecule has 3 amide bonds. The van der Waals surface area contributed by atoms with Gasteiger partial charge in [-0.25, -0.2) is 13.2 Å². The summed E-state index contributed by atoms with van der Waals surface area (Å²) in [5.74, 6) is 0.310. The number of unbranched alkanes of at least 4 members (excludes halogenated alkanes) is 1. The van der Waals surface area contributed by atoms with Gasteiger partial charge in [0.05, 0.1) is 31.8 Å². The molecule has 12 heteroatoms. The summed E-state index contributed by atoms with van der Waals surface area (Å²) in [5, 5.41) is 18.3. The average Bonchev–Trinajstić information content (AvgIpc) is 3.09. The molecule has 3 N–H and O–H groups in total. The van der Waals surface area contributed by atoms with E-state index in [0.717, 1.165) is 16.3 Å². The third-order valence-electron chi connectivity index (χ3n) is 8.31. The maximum Gasteiger partial charge on any atom is 0.318 e. The molecule has 47 heavy (non-hydrogen) atoms. The topological polar surface area (TPSA) is 138 Å². The number of morpholine rings is 1. The molecule has 1 aliphatic rings. The smallest absolute Gasteiger partial charge is 0.318 e. The Bertz CT molecular complexity index is 1550. The molecular formula is C35H48N4O7S. The number of sulfonamides is 1. The van der Waals surface area contributed by atoms with E-state index in [4.69, 9.17) is 9.47 Å². The minimum absolute atomic E-state index is 0.0442. The van der Waals surface area contributed by atoms with Gasteiger partial charge in [0.25, 0.3) is 0 Å². The quantitative estimate of drug-likeness (QED) is 0.198. The van der Waals surface area contributed by atoms with Gasteiger partial charge in [-0.2, -0.15) is 4.31 Å². The Hall–Kier alpha value is -3.71. The number of fused-ring (bicyclic) bond motifs is 1. The average molecular weight is 669 g/mol. The van der Waals surface area contributed by atoms with Gasteiger partial charge in [0.1, 0.15) is 11.8 Å². The van der Waals surface area contributed by atoms with E-state index < -0.39 is 22.1 Å². The van der Waals surface area contributed by atoms with Gasteiger partial charge >= 0.3 is 6.03 Å². The molecule has 1 saturated heterocycles. The Morgan fingerprint density at radius 2 is 1.70 bits per heavy atom. The van der Waals surface area contributed by atoms with E-state index in [0.29, 0.717) is 64.3 Å². The molecule has 0 bridgehead atoms. The van der Waals surface area contributed by atoms with Crippen molar-refractivity contribution in [1.82, 2.24) is 19.8 Å². The van der Waals surface area contributed by atoms with Crippen molar-refractivity contribution in [2.75, 3.05) is 53.1 Å². The van der Waals surface area contributed by atoms with Crippen LogP contribution in [0.4, 0.5) is 4.79 Å². The van der Waals surface area contributed by atoms with Crippen LogP contribution in [0.3, 0.4) is 0 Å². The number of benzene rings is 3. The molecule has 0 unspecified atom stereocenters. The summed E-state index contributed by atoms with van der Waals surface area (Å²) in [4.78, 5) is 28.4. The molecule has 1 aliphatic heterocycles. The molecule has 4 rings (SSSR count). The number of hydrogen-bond acceptors (Lipinski definition) is 7. The molecule has 0 spiro atoms. The Balaban J connectivity index is 1.38. The highest BCUT2D eigenvalue weighted by Gasteiger charge is 2.32. The van der Waals surface area contributed by atoms with E-state index in [2.05, 4.69) is 10.6 Å². The number of aliphatic hydroxyl groups excluding tert-OH is 1. The van der Waals surface area contributed by atoms with Gasteiger partial charge in [-0.3, -0.25) is 4.79 Å². The van der Waals surface area contributed by atoms with Crippen molar-refractivity contribution in [1.29, 1.82) is 0 Å². The molecule has 3 aromatic rings. The van der Waals surface area contributed by atoms with Gasteiger partial charge in [-0.15, -0.1) is 0 Å². The second-order valence-corrected chi connectivity index (χ2v) is 14.1. The number of nitrogens with one attached hydrogen (secondary N) is 2. The van der Waals surface area contributed by atoms with Gasteiger partial charge in [0.15, 0.2) is 0 Å². The summed E-state index contributed by atoms with van der Waals surface area (Å²) >= 11 is 0. The number of urea groups is 1. The number of nitrogens with zero attached hydrogens (tertiary/aromatic N) is 2. The van der Waals surface area contributed by atoms with E-state index in [9.17, 15) is 23.1 Å². The van der Waals surface area contributed by atoms with Crippen LogP contribution in [0.25, 0.3) is 10.8 Å². The Labute approximate surface area is 278 Å². The van der Waals surface area contributed by atoms with Crippen LogP contribution in [0.5, 0.6) is 5.75 Å². The van der Waals surface area contributed by atoms with Gasteiger partial charge in [0.2, 0.25) is 15.9 Å². The lowest BCUT2D eigenvalue weighted by Crippen LogP contribution is -2.54. The van der Waals surface area contributed by atoms with Crippen LogP contribution in [-0.4, -0.2) is 99.9 Å².